The summed E-state index contributed by atoms with van der Waals surface area (Å²) in [6, 6.07) is 5.71. The number of rotatable bonds is 9. The lowest BCUT2D eigenvalue weighted by atomic mass is 9.95. The Morgan fingerprint density at radius 3 is 2.76 bits per heavy atom. The van der Waals surface area contributed by atoms with Crippen molar-refractivity contribution < 1.29 is 23.8 Å². The predicted octanol–water partition coefficient (Wildman–Crippen LogP) is 2.20. The van der Waals surface area contributed by atoms with Crippen molar-refractivity contribution in [2.75, 3.05) is 13.2 Å². The number of nitrogens with one attached hydrogen (secondary N) is 1. The molecule has 3 amide bonds. The average Bonchev–Trinajstić information content (AvgIpc) is 2.78. The third-order valence-electron chi connectivity index (χ3n) is 4.29. The van der Waals surface area contributed by atoms with Gasteiger partial charge in [0.25, 0.3) is 5.91 Å². The Morgan fingerprint density at radius 1 is 1.36 bits per heavy atom. The maximum absolute atomic E-state index is 13.5. The van der Waals surface area contributed by atoms with Crippen LogP contribution in [-0.2, 0) is 16.1 Å². The van der Waals surface area contributed by atoms with Gasteiger partial charge in [0.05, 0.1) is 25.9 Å². The first-order valence-electron chi connectivity index (χ1n) is 8.50. The lowest BCUT2D eigenvalue weighted by Gasteiger charge is -2.22. The summed E-state index contributed by atoms with van der Waals surface area (Å²) < 4.78 is 18.8. The van der Waals surface area contributed by atoms with Gasteiger partial charge in [-0.25, -0.2) is 9.18 Å². The SMILES string of the molecule is CCCCC1(C)NC(=O)N(CC(O)COCc2ccccc2F)C1=O. The summed E-state index contributed by atoms with van der Waals surface area (Å²) in [5.74, 6) is -0.711. The van der Waals surface area contributed by atoms with Gasteiger partial charge in [0.1, 0.15) is 11.4 Å². The molecule has 0 bridgehead atoms. The Morgan fingerprint density at radius 2 is 2.08 bits per heavy atom. The molecule has 25 heavy (non-hydrogen) atoms. The minimum atomic E-state index is -1.03. The molecule has 1 aliphatic rings. The molecule has 0 aliphatic carbocycles. The van der Waals surface area contributed by atoms with Gasteiger partial charge in [-0.15, -0.1) is 0 Å². The molecule has 7 heteroatoms. The molecule has 1 saturated heterocycles. The zero-order valence-corrected chi connectivity index (χ0v) is 14.6. The number of carbonyl (C=O) groups is 2. The summed E-state index contributed by atoms with van der Waals surface area (Å²) in [6.45, 7) is 3.47. The van der Waals surface area contributed by atoms with Gasteiger partial charge in [-0.1, -0.05) is 38.0 Å². The lowest BCUT2D eigenvalue weighted by molar-refractivity contribution is -0.132. The van der Waals surface area contributed by atoms with E-state index in [1.807, 2.05) is 6.92 Å². The molecule has 1 heterocycles. The van der Waals surface area contributed by atoms with E-state index in [1.165, 1.54) is 6.07 Å². The van der Waals surface area contributed by atoms with E-state index >= 15 is 0 Å². The topological polar surface area (TPSA) is 78.9 Å². The largest absolute Gasteiger partial charge is 0.389 e. The number of ether oxygens (including phenoxy) is 1. The molecule has 2 rings (SSSR count). The number of carbonyl (C=O) groups excluding carboxylic acids is 2. The second kappa shape index (κ2) is 8.40. The highest BCUT2D eigenvalue weighted by atomic mass is 19.1. The first-order chi connectivity index (χ1) is 11.9. The number of benzene rings is 1. The quantitative estimate of drug-likeness (QED) is 0.668. The van der Waals surface area contributed by atoms with Crippen molar-refractivity contribution in [3.05, 3.63) is 35.6 Å². The Balaban J connectivity index is 1.83. The van der Waals surface area contributed by atoms with Gasteiger partial charge in [-0.2, -0.15) is 0 Å². The summed E-state index contributed by atoms with van der Waals surface area (Å²) >= 11 is 0. The van der Waals surface area contributed by atoms with Crippen molar-refractivity contribution in [2.45, 2.75) is 51.4 Å². The monoisotopic (exact) mass is 352 g/mol. The number of aliphatic hydroxyl groups is 1. The molecule has 2 unspecified atom stereocenters. The van der Waals surface area contributed by atoms with Crippen LogP contribution in [0.1, 0.15) is 38.7 Å². The summed E-state index contributed by atoms with van der Waals surface area (Å²) in [7, 11) is 0. The standard InChI is InChI=1S/C18H25FN2O4/c1-3-4-9-18(2)16(23)21(17(24)20-18)10-14(22)12-25-11-13-7-5-6-8-15(13)19/h5-8,14,22H,3-4,9-12H2,1-2H3,(H,20,24). The molecule has 1 aromatic carbocycles. The van der Waals surface area contributed by atoms with Crippen molar-refractivity contribution in [3.8, 4) is 0 Å². The van der Waals surface area contributed by atoms with Crippen LogP contribution in [0.25, 0.3) is 0 Å². The molecule has 1 fully saturated rings. The maximum Gasteiger partial charge on any atom is 0.325 e. The van der Waals surface area contributed by atoms with E-state index in [0.717, 1.165) is 17.7 Å². The van der Waals surface area contributed by atoms with E-state index in [0.29, 0.717) is 12.0 Å². The average molecular weight is 352 g/mol. The number of imide groups is 1. The number of unbranched alkanes of at least 4 members (excludes halogenated alkanes) is 1. The van der Waals surface area contributed by atoms with Crippen LogP contribution in [0.5, 0.6) is 0 Å². The van der Waals surface area contributed by atoms with Crippen LogP contribution in [0.2, 0.25) is 0 Å². The van der Waals surface area contributed by atoms with E-state index in [4.69, 9.17) is 4.74 Å². The van der Waals surface area contributed by atoms with Crippen LogP contribution in [0, 0.1) is 5.82 Å². The van der Waals surface area contributed by atoms with Crippen molar-refractivity contribution >= 4 is 11.9 Å². The molecular formula is C18H25FN2O4. The van der Waals surface area contributed by atoms with Gasteiger partial charge in [0.2, 0.25) is 0 Å². The molecule has 2 atom stereocenters. The number of hydrogen-bond acceptors (Lipinski definition) is 4. The number of aliphatic hydroxyl groups excluding tert-OH is 1. The minimum Gasteiger partial charge on any atom is -0.389 e. The molecule has 0 saturated carbocycles. The van der Waals surface area contributed by atoms with Crippen LogP contribution in [0.4, 0.5) is 9.18 Å². The smallest absolute Gasteiger partial charge is 0.325 e. The Hall–Kier alpha value is -1.99. The van der Waals surface area contributed by atoms with Crippen molar-refractivity contribution in [3.63, 3.8) is 0 Å². The Labute approximate surface area is 147 Å². The maximum atomic E-state index is 13.5. The van der Waals surface area contributed by atoms with E-state index in [1.54, 1.807) is 25.1 Å². The van der Waals surface area contributed by atoms with Crippen LogP contribution in [0.15, 0.2) is 24.3 Å². The third kappa shape index (κ3) is 4.76. The summed E-state index contributed by atoms with van der Waals surface area (Å²) in [5, 5.41) is 12.7. The summed E-state index contributed by atoms with van der Waals surface area (Å²) in [6.07, 6.45) is 1.27. The second-order valence-electron chi connectivity index (χ2n) is 6.54. The third-order valence-corrected chi connectivity index (χ3v) is 4.29. The molecule has 1 aromatic rings. The van der Waals surface area contributed by atoms with Gasteiger partial charge in [-0.05, 0) is 19.4 Å². The Bertz CT molecular complexity index is 625. The van der Waals surface area contributed by atoms with Gasteiger partial charge < -0.3 is 15.2 Å². The van der Waals surface area contributed by atoms with Gasteiger partial charge in [0.15, 0.2) is 0 Å². The number of amides is 3. The number of nitrogens with zero attached hydrogens (tertiary/aromatic N) is 1. The zero-order chi connectivity index (χ0) is 18.4. The number of halogens is 1. The van der Waals surface area contributed by atoms with Crippen molar-refractivity contribution in [2.24, 2.45) is 0 Å². The normalized spacial score (nSPS) is 21.5. The highest BCUT2D eigenvalue weighted by Crippen LogP contribution is 2.23. The fraction of sp³-hybridized carbons (Fsp3) is 0.556. The van der Waals surface area contributed by atoms with Crippen LogP contribution < -0.4 is 5.32 Å². The fourth-order valence-corrected chi connectivity index (χ4v) is 2.80. The molecule has 1 aliphatic heterocycles. The summed E-state index contributed by atoms with van der Waals surface area (Å²) in [5.41, 5.74) is -0.530. The van der Waals surface area contributed by atoms with Gasteiger partial charge >= 0.3 is 6.03 Å². The molecule has 138 valence electrons. The zero-order valence-electron chi connectivity index (χ0n) is 14.6. The molecular weight excluding hydrogens is 327 g/mol. The molecule has 6 nitrogen and oxygen atoms in total. The number of urea groups is 1. The lowest BCUT2D eigenvalue weighted by Crippen LogP contribution is -2.44. The predicted molar refractivity (Wildman–Crippen MR) is 90.2 cm³/mol. The van der Waals surface area contributed by atoms with E-state index < -0.39 is 17.7 Å². The molecule has 0 aromatic heterocycles. The minimum absolute atomic E-state index is 0.0120. The first-order valence-corrected chi connectivity index (χ1v) is 8.50. The second-order valence-corrected chi connectivity index (χ2v) is 6.54. The van der Waals surface area contributed by atoms with Gasteiger partial charge in [0, 0.05) is 5.56 Å². The number of β-amino-alcohol motifs (C(OH)–C–C–N with tert-alkyl or cyclic N) is 1. The van der Waals surface area contributed by atoms with E-state index in [2.05, 4.69) is 5.32 Å². The van der Waals surface area contributed by atoms with Crippen molar-refractivity contribution in [1.29, 1.82) is 0 Å². The molecule has 2 N–H and O–H groups in total. The highest BCUT2D eigenvalue weighted by molar-refractivity contribution is 6.06. The van der Waals surface area contributed by atoms with E-state index in [9.17, 15) is 19.1 Å². The molecule has 0 spiro atoms. The van der Waals surface area contributed by atoms with Crippen molar-refractivity contribution in [1.82, 2.24) is 10.2 Å². The Kier molecular flexibility index (Phi) is 6.50. The van der Waals surface area contributed by atoms with Crippen LogP contribution >= 0.6 is 0 Å². The number of hydrogen-bond donors (Lipinski definition) is 2. The fourth-order valence-electron chi connectivity index (χ4n) is 2.80. The first kappa shape index (κ1) is 19.3. The van der Waals surface area contributed by atoms with E-state index in [-0.39, 0.29) is 31.5 Å². The van der Waals surface area contributed by atoms with Crippen LogP contribution in [-0.4, -0.2) is 46.7 Å². The summed E-state index contributed by atoms with van der Waals surface area (Å²) in [4.78, 5) is 25.5. The molecule has 0 radical (unpaired) electrons. The highest BCUT2D eigenvalue weighted by Gasteiger charge is 2.47. The van der Waals surface area contributed by atoms with Crippen LogP contribution in [0.3, 0.4) is 0 Å². The van der Waals surface area contributed by atoms with Gasteiger partial charge in [-0.3, -0.25) is 9.69 Å².